The van der Waals surface area contributed by atoms with Crippen LogP contribution in [-0.4, -0.2) is 50.8 Å². The number of anilines is 1. The Morgan fingerprint density at radius 1 is 1.20 bits per heavy atom. The lowest BCUT2D eigenvalue weighted by Gasteiger charge is -2.36. The molecule has 0 bridgehead atoms. The van der Waals surface area contributed by atoms with Gasteiger partial charge in [0.05, 0.1) is 0 Å². The standard InChI is InChI=1S/C17H26N2O/c1-15-3-2-4-17(13-15)19-10-8-18(9-11-19)7-5-16-6-12-20-14-16/h2-4,13,16H,5-12,14H2,1H3/t16-/m0/s1. The highest BCUT2D eigenvalue weighted by atomic mass is 16.5. The molecule has 0 unspecified atom stereocenters. The molecule has 0 N–H and O–H groups in total. The highest BCUT2D eigenvalue weighted by molar-refractivity contribution is 5.48. The van der Waals surface area contributed by atoms with E-state index in [1.54, 1.807) is 0 Å². The topological polar surface area (TPSA) is 15.7 Å². The van der Waals surface area contributed by atoms with Crippen molar-refractivity contribution >= 4 is 5.69 Å². The summed E-state index contributed by atoms with van der Waals surface area (Å²) in [4.78, 5) is 5.13. The molecule has 2 aliphatic heterocycles. The van der Waals surface area contributed by atoms with Gasteiger partial charge in [-0.25, -0.2) is 0 Å². The van der Waals surface area contributed by atoms with Crippen molar-refractivity contribution < 1.29 is 4.74 Å². The normalized spacial score (nSPS) is 24.2. The Labute approximate surface area is 122 Å². The van der Waals surface area contributed by atoms with Crippen molar-refractivity contribution in [3.63, 3.8) is 0 Å². The summed E-state index contributed by atoms with van der Waals surface area (Å²) in [5, 5.41) is 0. The van der Waals surface area contributed by atoms with Gasteiger partial charge >= 0.3 is 0 Å². The number of hydrogen-bond acceptors (Lipinski definition) is 3. The summed E-state index contributed by atoms with van der Waals surface area (Å²) >= 11 is 0. The second-order valence-corrected chi connectivity index (χ2v) is 6.19. The number of piperazine rings is 1. The van der Waals surface area contributed by atoms with Crippen molar-refractivity contribution in [3.8, 4) is 0 Å². The third-order valence-electron chi connectivity index (χ3n) is 4.62. The van der Waals surface area contributed by atoms with Gasteiger partial charge in [-0.15, -0.1) is 0 Å². The van der Waals surface area contributed by atoms with E-state index in [2.05, 4.69) is 41.0 Å². The lowest BCUT2D eigenvalue weighted by atomic mass is 10.0. The molecule has 3 nitrogen and oxygen atoms in total. The van der Waals surface area contributed by atoms with Crippen LogP contribution in [0.25, 0.3) is 0 Å². The molecule has 2 aliphatic rings. The first-order valence-electron chi connectivity index (χ1n) is 7.93. The molecular weight excluding hydrogens is 248 g/mol. The van der Waals surface area contributed by atoms with Crippen LogP contribution in [0.2, 0.25) is 0 Å². The number of hydrogen-bond donors (Lipinski definition) is 0. The van der Waals surface area contributed by atoms with E-state index in [-0.39, 0.29) is 0 Å². The molecule has 0 aliphatic carbocycles. The monoisotopic (exact) mass is 274 g/mol. The van der Waals surface area contributed by atoms with Crippen molar-refractivity contribution in [3.05, 3.63) is 29.8 Å². The lowest BCUT2D eigenvalue weighted by Crippen LogP contribution is -2.46. The van der Waals surface area contributed by atoms with Crippen molar-refractivity contribution in [2.75, 3.05) is 50.8 Å². The zero-order valence-corrected chi connectivity index (χ0v) is 12.6. The summed E-state index contributed by atoms with van der Waals surface area (Å²) in [5.41, 5.74) is 2.74. The van der Waals surface area contributed by atoms with Gasteiger partial charge in [0, 0.05) is 45.1 Å². The number of nitrogens with zero attached hydrogens (tertiary/aromatic N) is 2. The minimum Gasteiger partial charge on any atom is -0.381 e. The van der Waals surface area contributed by atoms with Gasteiger partial charge < -0.3 is 9.64 Å². The molecule has 2 fully saturated rings. The van der Waals surface area contributed by atoms with Crippen molar-refractivity contribution in [1.82, 2.24) is 4.90 Å². The highest BCUT2D eigenvalue weighted by Gasteiger charge is 2.20. The Hall–Kier alpha value is -1.06. The first kappa shape index (κ1) is 13.9. The number of rotatable bonds is 4. The van der Waals surface area contributed by atoms with E-state index in [9.17, 15) is 0 Å². The lowest BCUT2D eigenvalue weighted by molar-refractivity contribution is 0.176. The zero-order chi connectivity index (χ0) is 13.8. The number of benzene rings is 1. The van der Waals surface area contributed by atoms with Gasteiger partial charge in [-0.05, 0) is 49.9 Å². The fraction of sp³-hybridized carbons (Fsp3) is 0.647. The van der Waals surface area contributed by atoms with Crippen molar-refractivity contribution in [2.45, 2.75) is 19.8 Å². The SMILES string of the molecule is Cc1cccc(N2CCN(CC[C@H]3CCOC3)CC2)c1. The minimum absolute atomic E-state index is 0.810. The van der Waals surface area contributed by atoms with E-state index in [0.717, 1.165) is 32.2 Å². The van der Waals surface area contributed by atoms with Crippen LogP contribution in [0, 0.1) is 12.8 Å². The second kappa shape index (κ2) is 6.59. The molecular formula is C17H26N2O. The fourth-order valence-electron chi connectivity index (χ4n) is 3.23. The fourth-order valence-corrected chi connectivity index (χ4v) is 3.23. The van der Waals surface area contributed by atoms with E-state index in [4.69, 9.17) is 4.74 Å². The van der Waals surface area contributed by atoms with Gasteiger partial charge in [-0.1, -0.05) is 12.1 Å². The third-order valence-corrected chi connectivity index (χ3v) is 4.62. The molecule has 2 saturated heterocycles. The maximum atomic E-state index is 5.46. The van der Waals surface area contributed by atoms with E-state index in [1.807, 2.05) is 0 Å². The molecule has 0 aromatic heterocycles. The van der Waals surface area contributed by atoms with Crippen molar-refractivity contribution in [2.24, 2.45) is 5.92 Å². The van der Waals surface area contributed by atoms with Crippen LogP contribution < -0.4 is 4.90 Å². The quantitative estimate of drug-likeness (QED) is 0.839. The van der Waals surface area contributed by atoms with Crippen LogP contribution >= 0.6 is 0 Å². The predicted molar refractivity (Wildman–Crippen MR) is 83.4 cm³/mol. The maximum Gasteiger partial charge on any atom is 0.0495 e. The predicted octanol–water partition coefficient (Wildman–Crippen LogP) is 2.54. The third kappa shape index (κ3) is 3.53. The smallest absolute Gasteiger partial charge is 0.0495 e. The first-order chi connectivity index (χ1) is 9.81. The Morgan fingerprint density at radius 2 is 2.05 bits per heavy atom. The van der Waals surface area contributed by atoms with E-state index in [1.165, 1.54) is 43.7 Å². The average Bonchev–Trinajstić information content (AvgIpc) is 2.99. The van der Waals surface area contributed by atoms with Crippen LogP contribution in [-0.2, 0) is 4.74 Å². The molecule has 1 aromatic carbocycles. The van der Waals surface area contributed by atoms with Crippen LogP contribution in [0.15, 0.2) is 24.3 Å². The van der Waals surface area contributed by atoms with E-state index in [0.29, 0.717) is 0 Å². The van der Waals surface area contributed by atoms with Crippen LogP contribution in [0.1, 0.15) is 18.4 Å². The van der Waals surface area contributed by atoms with Crippen LogP contribution in [0.4, 0.5) is 5.69 Å². The van der Waals surface area contributed by atoms with Gasteiger partial charge in [-0.3, -0.25) is 4.90 Å². The molecule has 110 valence electrons. The summed E-state index contributed by atoms with van der Waals surface area (Å²) in [6.45, 7) is 10.1. The molecule has 2 heterocycles. The maximum absolute atomic E-state index is 5.46. The van der Waals surface area contributed by atoms with Crippen LogP contribution in [0.3, 0.4) is 0 Å². The molecule has 1 aromatic rings. The van der Waals surface area contributed by atoms with Gasteiger partial charge in [0.15, 0.2) is 0 Å². The number of ether oxygens (including phenoxy) is 1. The number of aryl methyl sites for hydroxylation is 1. The molecule has 20 heavy (non-hydrogen) atoms. The van der Waals surface area contributed by atoms with Gasteiger partial charge in [0.25, 0.3) is 0 Å². The summed E-state index contributed by atoms with van der Waals surface area (Å²) < 4.78 is 5.46. The molecule has 1 atom stereocenters. The largest absolute Gasteiger partial charge is 0.381 e. The Morgan fingerprint density at radius 3 is 2.75 bits per heavy atom. The van der Waals surface area contributed by atoms with Gasteiger partial charge in [0.2, 0.25) is 0 Å². The Kier molecular flexibility index (Phi) is 4.58. The molecule has 0 amide bonds. The van der Waals surface area contributed by atoms with Gasteiger partial charge in [0.1, 0.15) is 0 Å². The molecule has 0 saturated carbocycles. The summed E-state index contributed by atoms with van der Waals surface area (Å²) in [6, 6.07) is 8.87. The molecule has 0 radical (unpaired) electrons. The highest BCUT2D eigenvalue weighted by Crippen LogP contribution is 2.20. The molecule has 0 spiro atoms. The minimum atomic E-state index is 0.810. The Bertz CT molecular complexity index is 421. The summed E-state index contributed by atoms with van der Waals surface area (Å²) in [5.74, 6) is 0.810. The average molecular weight is 274 g/mol. The Balaban J connectivity index is 1.44. The summed E-state index contributed by atoms with van der Waals surface area (Å²) in [7, 11) is 0. The first-order valence-corrected chi connectivity index (χ1v) is 7.93. The van der Waals surface area contributed by atoms with E-state index < -0.39 is 0 Å². The van der Waals surface area contributed by atoms with Gasteiger partial charge in [-0.2, -0.15) is 0 Å². The molecule has 3 rings (SSSR count). The second-order valence-electron chi connectivity index (χ2n) is 6.19. The summed E-state index contributed by atoms with van der Waals surface area (Å²) in [6.07, 6.45) is 2.58. The zero-order valence-electron chi connectivity index (χ0n) is 12.6. The van der Waals surface area contributed by atoms with E-state index >= 15 is 0 Å². The van der Waals surface area contributed by atoms with Crippen molar-refractivity contribution in [1.29, 1.82) is 0 Å². The molecule has 3 heteroatoms. The van der Waals surface area contributed by atoms with Crippen LogP contribution in [0.5, 0.6) is 0 Å².